The van der Waals surface area contributed by atoms with Crippen molar-refractivity contribution in [1.82, 2.24) is 14.1 Å². The Morgan fingerprint density at radius 2 is 2.29 bits per heavy atom. The van der Waals surface area contributed by atoms with Crippen molar-refractivity contribution < 1.29 is 13.2 Å². The van der Waals surface area contributed by atoms with E-state index in [-0.39, 0.29) is 11.0 Å². The average molecular weight is 316 g/mol. The Kier molecular flexibility index (Phi) is 5.37. The van der Waals surface area contributed by atoms with Crippen LogP contribution in [0.15, 0.2) is 17.3 Å². The van der Waals surface area contributed by atoms with Crippen molar-refractivity contribution in [2.24, 2.45) is 11.7 Å². The molecule has 0 amide bonds. The SMILES string of the molecule is COC1CN(S(=O)(=O)c2cnn(CCCN)c2)CCC1C. The van der Waals surface area contributed by atoms with E-state index in [9.17, 15) is 8.42 Å². The van der Waals surface area contributed by atoms with Gasteiger partial charge in [0.05, 0.1) is 12.3 Å². The van der Waals surface area contributed by atoms with Gasteiger partial charge in [0.1, 0.15) is 4.90 Å². The van der Waals surface area contributed by atoms with Crippen molar-refractivity contribution >= 4 is 10.0 Å². The summed E-state index contributed by atoms with van der Waals surface area (Å²) in [6, 6.07) is 0. The first-order valence-corrected chi connectivity index (χ1v) is 8.68. The van der Waals surface area contributed by atoms with Crippen LogP contribution in [-0.2, 0) is 21.3 Å². The lowest BCUT2D eigenvalue weighted by molar-refractivity contribution is 0.0184. The molecule has 1 aromatic rings. The van der Waals surface area contributed by atoms with E-state index in [2.05, 4.69) is 12.0 Å². The van der Waals surface area contributed by atoms with Gasteiger partial charge in [0.25, 0.3) is 0 Å². The van der Waals surface area contributed by atoms with Gasteiger partial charge in [-0.1, -0.05) is 6.92 Å². The van der Waals surface area contributed by atoms with Gasteiger partial charge in [-0.15, -0.1) is 0 Å². The van der Waals surface area contributed by atoms with Crippen LogP contribution in [0.4, 0.5) is 0 Å². The number of aromatic nitrogens is 2. The zero-order chi connectivity index (χ0) is 15.5. The van der Waals surface area contributed by atoms with Crippen molar-refractivity contribution in [2.75, 3.05) is 26.7 Å². The third-order valence-electron chi connectivity index (χ3n) is 3.99. The van der Waals surface area contributed by atoms with Gasteiger partial charge in [-0.2, -0.15) is 9.40 Å². The molecule has 2 unspecified atom stereocenters. The number of ether oxygens (including phenoxy) is 1. The number of hydrogen-bond donors (Lipinski definition) is 1. The summed E-state index contributed by atoms with van der Waals surface area (Å²) in [5.41, 5.74) is 5.45. The highest BCUT2D eigenvalue weighted by molar-refractivity contribution is 7.89. The molecule has 0 spiro atoms. The van der Waals surface area contributed by atoms with Crippen molar-refractivity contribution in [3.05, 3.63) is 12.4 Å². The second-order valence-electron chi connectivity index (χ2n) is 5.48. The van der Waals surface area contributed by atoms with Crippen LogP contribution < -0.4 is 5.73 Å². The molecule has 2 heterocycles. The van der Waals surface area contributed by atoms with Gasteiger partial charge in [0.15, 0.2) is 0 Å². The van der Waals surface area contributed by atoms with Crippen molar-refractivity contribution in [3.63, 3.8) is 0 Å². The zero-order valence-corrected chi connectivity index (χ0v) is 13.4. The molecule has 0 aromatic carbocycles. The predicted molar refractivity (Wildman–Crippen MR) is 79.2 cm³/mol. The lowest BCUT2D eigenvalue weighted by atomic mass is 9.97. The summed E-state index contributed by atoms with van der Waals surface area (Å²) in [6.45, 7) is 4.19. The molecule has 0 saturated carbocycles. The summed E-state index contributed by atoms with van der Waals surface area (Å²) in [6.07, 6.45) is 4.50. The summed E-state index contributed by atoms with van der Waals surface area (Å²) in [5, 5.41) is 4.09. The maximum Gasteiger partial charge on any atom is 0.246 e. The first kappa shape index (κ1) is 16.4. The quantitative estimate of drug-likeness (QED) is 0.814. The molecule has 7 nitrogen and oxygen atoms in total. The number of aryl methyl sites for hydroxylation is 1. The van der Waals surface area contributed by atoms with E-state index in [0.29, 0.717) is 32.1 Å². The Bertz CT molecular complexity index is 558. The molecule has 21 heavy (non-hydrogen) atoms. The molecule has 0 bridgehead atoms. The second kappa shape index (κ2) is 6.87. The third kappa shape index (κ3) is 3.63. The number of piperidine rings is 1. The molecule has 2 N–H and O–H groups in total. The highest BCUT2D eigenvalue weighted by atomic mass is 32.2. The molecule has 2 atom stereocenters. The average Bonchev–Trinajstić information content (AvgIpc) is 2.95. The van der Waals surface area contributed by atoms with E-state index < -0.39 is 10.0 Å². The summed E-state index contributed by atoms with van der Waals surface area (Å²) in [7, 11) is -1.87. The molecule has 8 heteroatoms. The molecule has 120 valence electrons. The molecule has 2 rings (SSSR count). The largest absolute Gasteiger partial charge is 0.380 e. The van der Waals surface area contributed by atoms with E-state index in [1.807, 2.05) is 0 Å². The number of methoxy groups -OCH3 is 1. The van der Waals surface area contributed by atoms with Crippen molar-refractivity contribution in [1.29, 1.82) is 0 Å². The summed E-state index contributed by atoms with van der Waals surface area (Å²) >= 11 is 0. The van der Waals surface area contributed by atoms with E-state index in [4.69, 9.17) is 10.5 Å². The smallest absolute Gasteiger partial charge is 0.246 e. The molecular formula is C13H24N4O3S. The Labute approximate surface area is 126 Å². The van der Waals surface area contributed by atoms with Gasteiger partial charge in [-0.3, -0.25) is 4.68 Å². The number of nitrogens with two attached hydrogens (primary N) is 1. The minimum absolute atomic E-state index is 0.0548. The fourth-order valence-electron chi connectivity index (χ4n) is 2.53. The van der Waals surface area contributed by atoms with Crippen LogP contribution >= 0.6 is 0 Å². The van der Waals surface area contributed by atoms with Gasteiger partial charge < -0.3 is 10.5 Å². The van der Waals surface area contributed by atoms with Crippen LogP contribution in [0.3, 0.4) is 0 Å². The number of rotatable bonds is 6. The standard InChI is InChI=1S/C13H24N4O3S/c1-11-4-7-17(10-13(11)20-2)21(18,19)12-8-15-16(9-12)6-3-5-14/h8-9,11,13H,3-7,10,14H2,1-2H3. The number of nitrogens with zero attached hydrogens (tertiary/aromatic N) is 3. The predicted octanol–water partition coefficient (Wildman–Crippen LogP) is 0.277. The minimum Gasteiger partial charge on any atom is -0.380 e. The zero-order valence-electron chi connectivity index (χ0n) is 12.6. The van der Waals surface area contributed by atoms with E-state index in [1.165, 1.54) is 10.5 Å². The monoisotopic (exact) mass is 316 g/mol. The van der Waals surface area contributed by atoms with Crippen molar-refractivity contribution in [2.45, 2.75) is 37.3 Å². The summed E-state index contributed by atoms with van der Waals surface area (Å²) in [5.74, 6) is 0.369. The fourth-order valence-corrected chi connectivity index (χ4v) is 3.96. The molecular weight excluding hydrogens is 292 g/mol. The van der Waals surface area contributed by atoms with Crippen molar-refractivity contribution in [3.8, 4) is 0 Å². The number of hydrogen-bond acceptors (Lipinski definition) is 5. The Morgan fingerprint density at radius 3 is 2.95 bits per heavy atom. The fraction of sp³-hybridized carbons (Fsp3) is 0.769. The Morgan fingerprint density at radius 1 is 1.52 bits per heavy atom. The first-order valence-electron chi connectivity index (χ1n) is 7.24. The first-order chi connectivity index (χ1) is 9.98. The minimum atomic E-state index is -3.49. The van der Waals surface area contributed by atoms with E-state index in [0.717, 1.165) is 12.8 Å². The lowest BCUT2D eigenvalue weighted by Gasteiger charge is -2.35. The van der Waals surface area contributed by atoms with Crippen LogP contribution in [0, 0.1) is 5.92 Å². The Balaban J connectivity index is 2.12. The lowest BCUT2D eigenvalue weighted by Crippen LogP contribution is -2.46. The van der Waals surface area contributed by atoms with Gasteiger partial charge in [0.2, 0.25) is 10.0 Å². The van der Waals surface area contributed by atoms with E-state index in [1.54, 1.807) is 18.0 Å². The third-order valence-corrected chi connectivity index (χ3v) is 5.81. The molecule has 1 saturated heterocycles. The molecule has 1 fully saturated rings. The maximum atomic E-state index is 12.6. The van der Waals surface area contributed by atoms with Crippen LogP contribution in [0.25, 0.3) is 0 Å². The normalized spacial score (nSPS) is 24.3. The van der Waals surface area contributed by atoms with Gasteiger partial charge in [-0.25, -0.2) is 8.42 Å². The summed E-state index contributed by atoms with van der Waals surface area (Å²) in [4.78, 5) is 0.240. The van der Waals surface area contributed by atoms with Gasteiger partial charge >= 0.3 is 0 Å². The van der Waals surface area contributed by atoms with Crippen LogP contribution in [0.2, 0.25) is 0 Å². The molecule has 0 radical (unpaired) electrons. The van der Waals surface area contributed by atoms with Crippen LogP contribution in [0.1, 0.15) is 19.8 Å². The van der Waals surface area contributed by atoms with Crippen LogP contribution in [0.5, 0.6) is 0 Å². The van der Waals surface area contributed by atoms with Gasteiger partial charge in [-0.05, 0) is 25.3 Å². The molecule has 1 aromatic heterocycles. The molecule has 1 aliphatic heterocycles. The maximum absolute atomic E-state index is 12.6. The summed E-state index contributed by atoms with van der Waals surface area (Å²) < 4.78 is 33.8. The molecule has 1 aliphatic rings. The second-order valence-corrected chi connectivity index (χ2v) is 7.42. The molecule has 0 aliphatic carbocycles. The Hall–Kier alpha value is -0.960. The van der Waals surface area contributed by atoms with E-state index >= 15 is 0 Å². The van der Waals surface area contributed by atoms with Crippen LogP contribution in [-0.4, -0.2) is 55.4 Å². The van der Waals surface area contributed by atoms with Gasteiger partial charge in [0, 0.05) is 32.9 Å². The highest BCUT2D eigenvalue weighted by Crippen LogP contribution is 2.25. The highest BCUT2D eigenvalue weighted by Gasteiger charge is 2.34. The topological polar surface area (TPSA) is 90.5 Å². The number of sulfonamides is 1.